The van der Waals surface area contributed by atoms with Crippen molar-refractivity contribution >= 4 is 23.8 Å². The van der Waals surface area contributed by atoms with E-state index >= 15 is 0 Å². The Morgan fingerprint density at radius 1 is 1.19 bits per heavy atom. The van der Waals surface area contributed by atoms with Gasteiger partial charge >= 0.3 is 0 Å². The summed E-state index contributed by atoms with van der Waals surface area (Å²) < 4.78 is 1.85. The monoisotopic (exact) mass is 503 g/mol. The van der Waals surface area contributed by atoms with Crippen LogP contribution in [0.1, 0.15) is 74.7 Å². The van der Waals surface area contributed by atoms with Crippen molar-refractivity contribution in [3.8, 4) is 11.4 Å². The maximum Gasteiger partial charge on any atom is 0.254 e. The second-order valence-corrected chi connectivity index (χ2v) is 11.5. The number of anilines is 1. The number of hydrogen-bond acceptors (Lipinski definition) is 7. The molecule has 0 saturated heterocycles. The van der Waals surface area contributed by atoms with E-state index in [-0.39, 0.29) is 17.0 Å². The van der Waals surface area contributed by atoms with E-state index in [1.54, 1.807) is 12.4 Å². The van der Waals surface area contributed by atoms with Crippen LogP contribution in [-0.4, -0.2) is 55.6 Å². The highest BCUT2D eigenvalue weighted by Crippen LogP contribution is 2.48. The lowest BCUT2D eigenvalue weighted by Gasteiger charge is -2.51. The molecule has 3 heterocycles. The summed E-state index contributed by atoms with van der Waals surface area (Å²) in [6, 6.07) is 7.98. The number of rotatable bonds is 9. The quantitative estimate of drug-likeness (QED) is 0.330. The topological polar surface area (TPSA) is 130 Å². The zero-order valence-corrected chi connectivity index (χ0v) is 21.8. The fourth-order valence-corrected chi connectivity index (χ4v) is 5.56. The molecule has 3 aromatic rings. The van der Waals surface area contributed by atoms with Crippen LogP contribution in [0.3, 0.4) is 0 Å². The van der Waals surface area contributed by atoms with Crippen LogP contribution in [0, 0.1) is 0 Å². The lowest BCUT2D eigenvalue weighted by molar-refractivity contribution is -0.0580. The number of amides is 1. The molecule has 0 aromatic carbocycles. The largest absolute Gasteiger partial charge is 0.390 e. The Balaban J connectivity index is 1.48. The van der Waals surface area contributed by atoms with Crippen LogP contribution in [0.5, 0.6) is 0 Å². The standard InChI is InChI=1S/C28H37N7O2/c1-26(2,29)12-13-31-25(36)21-18-32-23(24-5-4-20-14-19(16-30-3)17-33-35(20)24)15-22(21)34-27-6-9-28(37,10-7-27)11-8-27/h4-5,14-15,17-18,37H,3,6-13,16,29H2,1-2H3,(H,31,36)(H,32,34). The Hall–Kier alpha value is -3.30. The van der Waals surface area contributed by atoms with Crippen LogP contribution in [0.15, 0.2) is 41.7 Å². The summed E-state index contributed by atoms with van der Waals surface area (Å²) in [5.41, 5.74) is 9.83. The van der Waals surface area contributed by atoms with Gasteiger partial charge in [0.15, 0.2) is 0 Å². The number of aromatic nitrogens is 3. The summed E-state index contributed by atoms with van der Waals surface area (Å²) in [5.74, 6) is -0.176. The molecule has 1 amide bonds. The fourth-order valence-electron chi connectivity index (χ4n) is 5.56. The molecular formula is C28H37N7O2. The zero-order valence-electron chi connectivity index (χ0n) is 21.8. The molecule has 0 unspecified atom stereocenters. The molecule has 6 rings (SSSR count). The molecule has 0 aliphatic heterocycles. The lowest BCUT2D eigenvalue weighted by Crippen LogP contribution is -2.54. The number of carbonyl (C=O) groups excluding carboxylic acids is 1. The van der Waals surface area contributed by atoms with E-state index in [1.165, 1.54) is 0 Å². The van der Waals surface area contributed by atoms with Crippen molar-refractivity contribution in [2.24, 2.45) is 10.7 Å². The Bertz CT molecular complexity index is 1300. The average molecular weight is 504 g/mol. The first-order chi connectivity index (χ1) is 17.6. The molecule has 37 heavy (non-hydrogen) atoms. The zero-order chi connectivity index (χ0) is 26.3. The van der Waals surface area contributed by atoms with Gasteiger partial charge in [-0.2, -0.15) is 5.10 Å². The second kappa shape index (κ2) is 9.54. The van der Waals surface area contributed by atoms with Crippen molar-refractivity contribution in [2.45, 2.75) is 82.0 Å². The van der Waals surface area contributed by atoms with Gasteiger partial charge in [-0.05, 0) is 95.3 Å². The highest BCUT2D eigenvalue weighted by atomic mass is 16.3. The van der Waals surface area contributed by atoms with E-state index in [4.69, 9.17) is 5.73 Å². The minimum atomic E-state index is -0.529. The molecule has 9 heteroatoms. The molecule has 0 radical (unpaired) electrons. The number of hydrogen-bond donors (Lipinski definition) is 4. The Labute approximate surface area is 217 Å². The molecular weight excluding hydrogens is 466 g/mol. The summed E-state index contributed by atoms with van der Waals surface area (Å²) in [6.45, 7) is 8.45. The van der Waals surface area contributed by atoms with Gasteiger partial charge < -0.3 is 21.5 Å². The van der Waals surface area contributed by atoms with Gasteiger partial charge in [-0.15, -0.1) is 0 Å². The van der Waals surface area contributed by atoms with Crippen molar-refractivity contribution < 1.29 is 9.90 Å². The second-order valence-electron chi connectivity index (χ2n) is 11.5. The van der Waals surface area contributed by atoms with Crippen molar-refractivity contribution in [3.63, 3.8) is 0 Å². The van der Waals surface area contributed by atoms with Gasteiger partial charge in [0, 0.05) is 23.8 Å². The lowest BCUT2D eigenvalue weighted by atomic mass is 9.63. The van der Waals surface area contributed by atoms with Gasteiger partial charge in [-0.25, -0.2) is 4.52 Å². The van der Waals surface area contributed by atoms with Crippen LogP contribution < -0.4 is 16.4 Å². The van der Waals surface area contributed by atoms with E-state index in [0.717, 1.165) is 66.7 Å². The van der Waals surface area contributed by atoms with Gasteiger partial charge in [0.2, 0.25) is 0 Å². The number of nitrogens with one attached hydrogen (secondary N) is 2. The highest BCUT2D eigenvalue weighted by molar-refractivity contribution is 6.00. The molecule has 3 aliphatic carbocycles. The normalized spacial score (nSPS) is 23.2. The molecule has 196 valence electrons. The van der Waals surface area contributed by atoms with Gasteiger partial charge in [-0.3, -0.25) is 14.8 Å². The number of fused-ring (bicyclic) bond motifs is 4. The summed E-state index contributed by atoms with van der Waals surface area (Å²) >= 11 is 0. The van der Waals surface area contributed by atoms with E-state index in [1.807, 2.05) is 42.6 Å². The van der Waals surface area contributed by atoms with E-state index in [9.17, 15) is 9.90 Å². The molecule has 3 fully saturated rings. The Kier molecular flexibility index (Phi) is 6.53. The molecule has 2 bridgehead atoms. The first kappa shape index (κ1) is 25.4. The number of pyridine rings is 1. The fraction of sp³-hybridized carbons (Fsp3) is 0.500. The van der Waals surface area contributed by atoms with Crippen molar-refractivity contribution in [2.75, 3.05) is 11.9 Å². The van der Waals surface area contributed by atoms with Crippen LogP contribution >= 0.6 is 0 Å². The molecule has 3 aromatic heterocycles. The number of carbonyl (C=O) groups is 1. The molecule has 0 spiro atoms. The number of aliphatic imine (C=N–C) groups is 1. The SMILES string of the molecule is C=NCc1cnn2c(-c3cc(NC45CCC(O)(CC4)CC5)c(C(=O)NCCC(C)(C)N)cn3)ccc2c1. The number of nitrogens with two attached hydrogens (primary N) is 1. The van der Waals surface area contributed by atoms with Crippen LogP contribution in [0.4, 0.5) is 5.69 Å². The predicted octanol–water partition coefficient (Wildman–Crippen LogP) is 3.70. The Morgan fingerprint density at radius 3 is 2.59 bits per heavy atom. The molecule has 5 N–H and O–H groups in total. The van der Waals surface area contributed by atoms with Crippen LogP contribution in [0.2, 0.25) is 0 Å². The first-order valence-electron chi connectivity index (χ1n) is 13.1. The summed E-state index contributed by atoms with van der Waals surface area (Å²) in [7, 11) is 0. The van der Waals surface area contributed by atoms with Crippen LogP contribution in [-0.2, 0) is 6.54 Å². The third-order valence-electron chi connectivity index (χ3n) is 7.92. The van der Waals surface area contributed by atoms with Gasteiger partial charge in [0.05, 0.1) is 46.5 Å². The van der Waals surface area contributed by atoms with E-state index in [0.29, 0.717) is 25.1 Å². The molecule has 3 aliphatic rings. The van der Waals surface area contributed by atoms with Crippen molar-refractivity contribution in [1.29, 1.82) is 0 Å². The molecule has 0 atom stereocenters. The molecule has 9 nitrogen and oxygen atoms in total. The average Bonchev–Trinajstić information content (AvgIpc) is 3.28. The third-order valence-corrected chi connectivity index (χ3v) is 7.92. The first-order valence-corrected chi connectivity index (χ1v) is 13.1. The maximum absolute atomic E-state index is 13.3. The predicted molar refractivity (Wildman–Crippen MR) is 146 cm³/mol. The maximum atomic E-state index is 13.3. The molecule has 3 saturated carbocycles. The highest BCUT2D eigenvalue weighted by Gasteiger charge is 2.48. The van der Waals surface area contributed by atoms with Gasteiger partial charge in [0.25, 0.3) is 5.91 Å². The van der Waals surface area contributed by atoms with E-state index < -0.39 is 5.60 Å². The van der Waals surface area contributed by atoms with Crippen molar-refractivity contribution in [1.82, 2.24) is 19.9 Å². The number of nitrogens with zero attached hydrogens (tertiary/aromatic N) is 4. The van der Waals surface area contributed by atoms with Crippen molar-refractivity contribution in [3.05, 3.63) is 47.8 Å². The summed E-state index contributed by atoms with van der Waals surface area (Å²) in [5, 5.41) is 22.0. The smallest absolute Gasteiger partial charge is 0.254 e. The summed E-state index contributed by atoms with van der Waals surface area (Å²) in [6.07, 6.45) is 9.06. The van der Waals surface area contributed by atoms with E-state index in [2.05, 4.69) is 32.4 Å². The Morgan fingerprint density at radius 2 is 1.92 bits per heavy atom. The van der Waals surface area contributed by atoms with Gasteiger partial charge in [0.1, 0.15) is 0 Å². The minimum absolute atomic E-state index is 0.135. The minimum Gasteiger partial charge on any atom is -0.390 e. The summed E-state index contributed by atoms with van der Waals surface area (Å²) in [4.78, 5) is 21.9. The van der Waals surface area contributed by atoms with Gasteiger partial charge in [-0.1, -0.05) is 0 Å². The number of aliphatic hydroxyl groups is 1. The third kappa shape index (κ3) is 5.38. The van der Waals surface area contributed by atoms with Crippen LogP contribution in [0.25, 0.3) is 16.9 Å².